The van der Waals surface area contributed by atoms with Gasteiger partial charge in [0.1, 0.15) is 29.0 Å². The molecule has 1 N–H and O–H groups in total. The molecule has 0 aliphatic heterocycles. The summed E-state index contributed by atoms with van der Waals surface area (Å²) >= 11 is 0. The highest BCUT2D eigenvalue weighted by Crippen LogP contribution is 2.39. The van der Waals surface area contributed by atoms with Gasteiger partial charge in [-0.2, -0.15) is 30.7 Å². The van der Waals surface area contributed by atoms with E-state index in [1.807, 2.05) is 0 Å². The Morgan fingerprint density at radius 2 is 1.40 bits per heavy atom. The molecule has 4 nitrogen and oxygen atoms in total. The summed E-state index contributed by atoms with van der Waals surface area (Å²) < 4.78 is 146. The Balaban J connectivity index is 1.96. The van der Waals surface area contributed by atoms with Gasteiger partial charge >= 0.3 is 18.7 Å². The Bertz CT molecular complexity index is 1660. The lowest BCUT2D eigenvalue weighted by Gasteiger charge is -2.37. The van der Waals surface area contributed by atoms with Gasteiger partial charge in [0, 0.05) is 18.1 Å². The predicted molar refractivity (Wildman–Crippen MR) is 141 cm³/mol. The smallest absolute Gasteiger partial charge is 0.461 e. The van der Waals surface area contributed by atoms with Crippen LogP contribution in [-0.2, 0) is 18.1 Å². The van der Waals surface area contributed by atoms with Crippen molar-refractivity contribution >= 4 is 5.91 Å². The highest BCUT2D eigenvalue weighted by atomic mass is 19.4. The van der Waals surface area contributed by atoms with Crippen molar-refractivity contribution in [1.82, 2.24) is 5.32 Å². The van der Waals surface area contributed by atoms with Crippen LogP contribution in [0.5, 0.6) is 11.5 Å². The number of rotatable bonds is 10. The van der Waals surface area contributed by atoms with Crippen LogP contribution in [-0.4, -0.2) is 25.6 Å². The van der Waals surface area contributed by atoms with Crippen molar-refractivity contribution < 1.29 is 58.2 Å². The molecule has 0 radical (unpaired) electrons. The van der Waals surface area contributed by atoms with Crippen LogP contribution in [0.4, 0.5) is 43.9 Å². The van der Waals surface area contributed by atoms with E-state index in [9.17, 15) is 48.7 Å². The summed E-state index contributed by atoms with van der Waals surface area (Å²) in [5.41, 5.74) is -4.69. The molecule has 0 bridgehead atoms. The van der Waals surface area contributed by atoms with Crippen molar-refractivity contribution in [1.29, 1.82) is 0 Å². The fourth-order valence-corrected chi connectivity index (χ4v) is 4.56. The number of amides is 1. The molecular weight excluding hydrogens is 624 g/mol. The number of nitrogens with one attached hydrogen (secondary N) is 1. The highest BCUT2D eigenvalue weighted by Gasteiger charge is 2.45. The molecule has 1 atom stereocenters. The summed E-state index contributed by atoms with van der Waals surface area (Å²) in [5, 5.41) is 2.47. The van der Waals surface area contributed by atoms with Crippen molar-refractivity contribution in [2.75, 3.05) is 7.11 Å². The minimum atomic E-state index is -5.19. The van der Waals surface area contributed by atoms with E-state index >= 15 is 0 Å². The van der Waals surface area contributed by atoms with Crippen molar-refractivity contribution in [3.63, 3.8) is 0 Å². The summed E-state index contributed by atoms with van der Waals surface area (Å²) in [7, 11) is 1.37. The molecule has 0 aromatic heterocycles. The molecular formula is C31H21F10NO3. The third-order valence-corrected chi connectivity index (χ3v) is 6.70. The van der Waals surface area contributed by atoms with Crippen LogP contribution in [0.3, 0.4) is 0 Å². The maximum atomic E-state index is 15.0. The van der Waals surface area contributed by atoms with Gasteiger partial charge in [-0.05, 0) is 71.3 Å². The lowest BCUT2D eigenvalue weighted by atomic mass is 9.77. The largest absolute Gasteiger partial charge is 0.497 e. The summed E-state index contributed by atoms with van der Waals surface area (Å²) in [5.74, 6) is -5.71. The van der Waals surface area contributed by atoms with Gasteiger partial charge in [-0.25, -0.2) is 13.2 Å². The van der Waals surface area contributed by atoms with E-state index in [0.29, 0.717) is 23.4 Å². The second-order valence-electron chi connectivity index (χ2n) is 9.72. The van der Waals surface area contributed by atoms with Gasteiger partial charge in [-0.3, -0.25) is 4.79 Å². The molecule has 4 aromatic rings. The molecule has 0 saturated carbocycles. The molecule has 0 spiro atoms. The number of carbonyl (C=O) groups excluding carboxylic acids is 1. The number of hydrogen-bond acceptors (Lipinski definition) is 3. The van der Waals surface area contributed by atoms with Crippen LogP contribution >= 0.6 is 0 Å². The van der Waals surface area contributed by atoms with Crippen LogP contribution in [0.1, 0.15) is 32.6 Å². The molecule has 238 valence electrons. The highest BCUT2D eigenvalue weighted by molar-refractivity contribution is 5.95. The van der Waals surface area contributed by atoms with E-state index in [2.05, 4.69) is 10.1 Å². The average molecular weight is 645 g/mol. The molecule has 0 heterocycles. The molecule has 14 heteroatoms. The van der Waals surface area contributed by atoms with Crippen molar-refractivity contribution in [2.24, 2.45) is 0 Å². The molecule has 0 fully saturated rings. The third-order valence-electron chi connectivity index (χ3n) is 6.70. The van der Waals surface area contributed by atoms with Gasteiger partial charge in [0.25, 0.3) is 5.91 Å². The Kier molecular flexibility index (Phi) is 9.35. The quantitative estimate of drug-likeness (QED) is 0.177. The van der Waals surface area contributed by atoms with Crippen molar-refractivity contribution in [2.45, 2.75) is 30.7 Å². The Morgan fingerprint density at radius 3 is 1.98 bits per heavy atom. The summed E-state index contributed by atoms with van der Waals surface area (Å²) in [6, 6.07) is 13.3. The molecule has 0 saturated heterocycles. The maximum absolute atomic E-state index is 15.0. The first-order valence-corrected chi connectivity index (χ1v) is 12.8. The van der Waals surface area contributed by atoms with E-state index in [0.717, 1.165) is 42.5 Å². The summed E-state index contributed by atoms with van der Waals surface area (Å²) in [6.07, 6.45) is -15.0. The fraction of sp³-hybridized carbons (Fsp3) is 0.194. The van der Waals surface area contributed by atoms with Crippen LogP contribution in [0, 0.1) is 17.5 Å². The number of benzene rings is 4. The predicted octanol–water partition coefficient (Wildman–Crippen LogP) is 8.28. The number of hydrogen-bond donors (Lipinski definition) is 1. The molecule has 0 aliphatic carbocycles. The Labute approximate surface area is 249 Å². The Hall–Kier alpha value is -4.75. The van der Waals surface area contributed by atoms with Crippen LogP contribution in [0.25, 0.3) is 0 Å². The van der Waals surface area contributed by atoms with Gasteiger partial charge < -0.3 is 14.8 Å². The standard InChI is InChI=1S/C31H21F10NO3/c1-44-23-9-2-17(3-10-23)16-29(19-5-7-21(32)8-6-19,20-13-22(33)15-24(14-20)45-31(40,41)28(35)36)42-27(43)18-4-11-26(34)25(12-18)30(37,38)39/h2-15,28H,16H2,1H3,(H,42,43)/t29-/m0/s1. The minimum Gasteiger partial charge on any atom is -0.497 e. The first-order valence-electron chi connectivity index (χ1n) is 12.8. The van der Waals surface area contributed by atoms with Crippen LogP contribution in [0.15, 0.2) is 84.9 Å². The minimum absolute atomic E-state index is 0.0385. The average Bonchev–Trinajstić information content (AvgIpc) is 2.96. The number of ether oxygens (including phenoxy) is 2. The third kappa shape index (κ3) is 7.49. The van der Waals surface area contributed by atoms with E-state index in [4.69, 9.17) is 4.74 Å². The second kappa shape index (κ2) is 12.7. The van der Waals surface area contributed by atoms with Crippen molar-refractivity contribution in [3.05, 3.63) is 130 Å². The molecule has 45 heavy (non-hydrogen) atoms. The fourth-order valence-electron chi connectivity index (χ4n) is 4.56. The molecule has 0 aliphatic rings. The van der Waals surface area contributed by atoms with Gasteiger partial charge in [0.2, 0.25) is 0 Å². The lowest BCUT2D eigenvalue weighted by molar-refractivity contribution is -0.253. The van der Waals surface area contributed by atoms with Gasteiger partial charge in [0.15, 0.2) is 0 Å². The number of methoxy groups -OCH3 is 1. The van der Waals surface area contributed by atoms with E-state index in [1.54, 1.807) is 0 Å². The van der Waals surface area contributed by atoms with Gasteiger partial charge in [-0.1, -0.05) is 24.3 Å². The van der Waals surface area contributed by atoms with Gasteiger partial charge in [0.05, 0.1) is 18.2 Å². The van der Waals surface area contributed by atoms with Gasteiger partial charge in [-0.15, -0.1) is 0 Å². The Morgan fingerprint density at radius 1 is 0.756 bits per heavy atom. The monoisotopic (exact) mass is 645 g/mol. The zero-order valence-electron chi connectivity index (χ0n) is 22.9. The normalized spacial score (nSPS) is 13.3. The topological polar surface area (TPSA) is 47.6 Å². The molecule has 1 amide bonds. The van der Waals surface area contributed by atoms with E-state index in [1.165, 1.54) is 31.4 Å². The molecule has 0 unspecified atom stereocenters. The van der Waals surface area contributed by atoms with Crippen LogP contribution < -0.4 is 14.8 Å². The van der Waals surface area contributed by atoms with E-state index in [-0.39, 0.29) is 11.6 Å². The molecule has 4 rings (SSSR count). The first-order chi connectivity index (χ1) is 21.0. The summed E-state index contributed by atoms with van der Waals surface area (Å²) in [6.45, 7) is 0. The summed E-state index contributed by atoms with van der Waals surface area (Å²) in [4.78, 5) is 13.6. The SMILES string of the molecule is COc1ccc(C[C@](NC(=O)c2ccc(F)c(C(F)(F)F)c2)(c2ccc(F)cc2)c2cc(F)cc(OC(F)(F)C(F)F)c2)cc1. The zero-order valence-corrected chi connectivity index (χ0v) is 22.9. The molecule has 4 aromatic carbocycles. The maximum Gasteiger partial charge on any atom is 0.461 e. The lowest BCUT2D eigenvalue weighted by Crippen LogP contribution is -2.49. The van der Waals surface area contributed by atoms with Crippen LogP contribution in [0.2, 0.25) is 0 Å². The number of alkyl halides is 7. The zero-order chi connectivity index (χ0) is 33.2. The first kappa shape index (κ1) is 33.1. The van der Waals surface area contributed by atoms with E-state index < -0.39 is 76.5 Å². The van der Waals surface area contributed by atoms with Crippen molar-refractivity contribution in [3.8, 4) is 11.5 Å². The second-order valence-corrected chi connectivity index (χ2v) is 9.72. The number of carbonyl (C=O) groups is 1. The number of halogens is 10.